The summed E-state index contributed by atoms with van der Waals surface area (Å²) in [7, 11) is 1.60. The Labute approximate surface area is 121 Å². The lowest BCUT2D eigenvalue weighted by atomic mass is 10.3. The number of benzene rings is 1. The van der Waals surface area contributed by atoms with Crippen molar-refractivity contribution in [1.29, 1.82) is 0 Å². The smallest absolute Gasteiger partial charge is 0.337 e. The average molecular weight is 289 g/mol. The highest BCUT2D eigenvalue weighted by molar-refractivity contribution is 5.87. The lowest BCUT2D eigenvalue weighted by Crippen LogP contribution is -2.09. The van der Waals surface area contributed by atoms with Crippen molar-refractivity contribution in [3.05, 3.63) is 48.3 Å². The van der Waals surface area contributed by atoms with Gasteiger partial charge in [0.1, 0.15) is 30.5 Å². The Bertz CT molecular complexity index is 597. The van der Waals surface area contributed by atoms with Gasteiger partial charge in [0.05, 0.1) is 18.9 Å². The van der Waals surface area contributed by atoms with Gasteiger partial charge in [-0.2, -0.15) is 0 Å². The Morgan fingerprint density at radius 3 is 2.29 bits per heavy atom. The molecule has 0 radical (unpaired) electrons. The molecule has 0 fully saturated rings. The van der Waals surface area contributed by atoms with Crippen LogP contribution in [0.15, 0.2) is 42.7 Å². The lowest BCUT2D eigenvalue weighted by Gasteiger charge is -2.09. The fourth-order valence-corrected chi connectivity index (χ4v) is 1.61. The number of methoxy groups -OCH3 is 1. The van der Waals surface area contributed by atoms with Crippen LogP contribution < -0.4 is 14.2 Å². The van der Waals surface area contributed by atoms with Crippen LogP contribution in [-0.2, 0) is 0 Å². The SMILES string of the molecule is COc1ccc(OCCOc2cncc(C(=O)O)c2)cc1. The van der Waals surface area contributed by atoms with Crippen LogP contribution in [-0.4, -0.2) is 36.4 Å². The van der Waals surface area contributed by atoms with Crippen molar-refractivity contribution in [2.24, 2.45) is 0 Å². The Hall–Kier alpha value is -2.76. The van der Waals surface area contributed by atoms with Crippen LogP contribution in [0.25, 0.3) is 0 Å². The quantitative estimate of drug-likeness (QED) is 0.788. The van der Waals surface area contributed by atoms with Gasteiger partial charge in [-0.3, -0.25) is 4.98 Å². The first-order valence-electron chi connectivity index (χ1n) is 6.27. The summed E-state index contributed by atoms with van der Waals surface area (Å²) < 4.78 is 15.9. The molecule has 6 nitrogen and oxygen atoms in total. The number of hydrogen-bond donors (Lipinski definition) is 1. The summed E-state index contributed by atoms with van der Waals surface area (Å²) in [6, 6.07) is 8.62. The molecule has 1 aromatic heterocycles. The predicted octanol–water partition coefficient (Wildman–Crippen LogP) is 2.25. The van der Waals surface area contributed by atoms with Gasteiger partial charge in [-0.25, -0.2) is 4.79 Å². The second-order valence-electron chi connectivity index (χ2n) is 4.09. The van der Waals surface area contributed by atoms with Crippen molar-refractivity contribution in [1.82, 2.24) is 4.98 Å². The molecule has 6 heteroatoms. The van der Waals surface area contributed by atoms with Crippen LogP contribution in [0.4, 0.5) is 0 Å². The number of rotatable bonds is 7. The first-order valence-corrected chi connectivity index (χ1v) is 6.27. The van der Waals surface area contributed by atoms with Crippen molar-refractivity contribution in [2.75, 3.05) is 20.3 Å². The third kappa shape index (κ3) is 4.38. The van der Waals surface area contributed by atoms with Gasteiger partial charge in [-0.15, -0.1) is 0 Å². The van der Waals surface area contributed by atoms with E-state index in [1.807, 2.05) is 0 Å². The minimum atomic E-state index is -1.04. The highest BCUT2D eigenvalue weighted by atomic mass is 16.5. The lowest BCUT2D eigenvalue weighted by molar-refractivity contribution is 0.0696. The molecule has 1 N–H and O–H groups in total. The van der Waals surface area contributed by atoms with E-state index in [0.29, 0.717) is 18.1 Å². The first-order chi connectivity index (χ1) is 10.2. The molecule has 0 unspecified atom stereocenters. The Balaban J connectivity index is 1.78. The van der Waals surface area contributed by atoms with Crippen molar-refractivity contribution >= 4 is 5.97 Å². The third-order valence-electron chi connectivity index (χ3n) is 2.64. The molecule has 0 saturated carbocycles. The van der Waals surface area contributed by atoms with Crippen LogP contribution in [0, 0.1) is 0 Å². The van der Waals surface area contributed by atoms with Gasteiger partial charge >= 0.3 is 5.97 Å². The maximum atomic E-state index is 10.8. The van der Waals surface area contributed by atoms with Crippen LogP contribution in [0.5, 0.6) is 17.2 Å². The molecule has 1 heterocycles. The second-order valence-corrected chi connectivity index (χ2v) is 4.09. The molecular weight excluding hydrogens is 274 g/mol. The summed E-state index contributed by atoms with van der Waals surface area (Å²) in [4.78, 5) is 14.6. The predicted molar refractivity (Wildman–Crippen MR) is 75.2 cm³/mol. The summed E-state index contributed by atoms with van der Waals surface area (Å²) in [6.07, 6.45) is 2.73. The molecule has 0 atom stereocenters. The molecule has 0 spiro atoms. The number of ether oxygens (including phenoxy) is 3. The van der Waals surface area contributed by atoms with Crippen LogP contribution >= 0.6 is 0 Å². The van der Waals surface area contributed by atoms with Gasteiger partial charge in [0.25, 0.3) is 0 Å². The summed E-state index contributed by atoms with van der Waals surface area (Å²) in [6.45, 7) is 0.625. The van der Waals surface area contributed by atoms with Crippen molar-refractivity contribution < 1.29 is 24.1 Å². The molecule has 0 saturated heterocycles. The number of nitrogens with zero attached hydrogens (tertiary/aromatic N) is 1. The van der Waals surface area contributed by atoms with Gasteiger partial charge in [-0.05, 0) is 30.3 Å². The van der Waals surface area contributed by atoms with Crippen molar-refractivity contribution in [3.63, 3.8) is 0 Å². The number of hydrogen-bond acceptors (Lipinski definition) is 5. The first kappa shape index (κ1) is 14.6. The standard InChI is InChI=1S/C15H15NO5/c1-19-12-2-4-13(5-3-12)20-6-7-21-14-8-11(15(17)18)9-16-10-14/h2-5,8-10H,6-7H2,1H3,(H,17,18). The highest BCUT2D eigenvalue weighted by Crippen LogP contribution is 2.17. The number of pyridine rings is 1. The van der Waals surface area contributed by atoms with E-state index in [-0.39, 0.29) is 12.2 Å². The zero-order valence-electron chi connectivity index (χ0n) is 11.5. The normalized spacial score (nSPS) is 9.95. The van der Waals surface area contributed by atoms with Crippen LogP contribution in [0.2, 0.25) is 0 Å². The molecule has 0 amide bonds. The van der Waals surface area contributed by atoms with Crippen LogP contribution in [0.1, 0.15) is 10.4 Å². The van der Waals surface area contributed by atoms with E-state index in [2.05, 4.69) is 4.98 Å². The Morgan fingerprint density at radius 2 is 1.67 bits per heavy atom. The van der Waals surface area contributed by atoms with Gasteiger partial charge < -0.3 is 19.3 Å². The van der Waals surface area contributed by atoms with Gasteiger partial charge in [0, 0.05) is 6.20 Å². The fraction of sp³-hybridized carbons (Fsp3) is 0.200. The van der Waals surface area contributed by atoms with E-state index < -0.39 is 5.97 Å². The second kappa shape index (κ2) is 7.14. The Kier molecular flexibility index (Phi) is 4.98. The minimum absolute atomic E-state index is 0.0866. The average Bonchev–Trinajstić information content (AvgIpc) is 2.52. The number of carbonyl (C=O) groups is 1. The maximum Gasteiger partial charge on any atom is 0.337 e. The van der Waals surface area contributed by atoms with E-state index in [9.17, 15) is 4.79 Å². The summed E-state index contributed by atoms with van der Waals surface area (Å²) in [5.74, 6) is 0.822. The zero-order chi connectivity index (χ0) is 15.1. The van der Waals surface area contributed by atoms with Gasteiger partial charge in [0.2, 0.25) is 0 Å². The summed E-state index contributed by atoms with van der Waals surface area (Å²) in [5, 5.41) is 8.84. The van der Waals surface area contributed by atoms with E-state index in [4.69, 9.17) is 19.3 Å². The maximum absolute atomic E-state index is 10.8. The molecule has 0 aliphatic rings. The molecule has 1 aromatic carbocycles. The molecule has 21 heavy (non-hydrogen) atoms. The highest BCUT2D eigenvalue weighted by Gasteiger charge is 2.04. The zero-order valence-corrected chi connectivity index (χ0v) is 11.5. The monoisotopic (exact) mass is 289 g/mol. The van der Waals surface area contributed by atoms with E-state index in [0.717, 1.165) is 5.75 Å². The molecule has 110 valence electrons. The Morgan fingerprint density at radius 1 is 1.05 bits per heavy atom. The summed E-state index contributed by atoms with van der Waals surface area (Å²) in [5.41, 5.74) is 0.0866. The number of aromatic carboxylic acids is 1. The van der Waals surface area contributed by atoms with E-state index in [1.54, 1.807) is 31.4 Å². The third-order valence-corrected chi connectivity index (χ3v) is 2.64. The van der Waals surface area contributed by atoms with E-state index in [1.165, 1.54) is 18.5 Å². The summed E-state index contributed by atoms with van der Waals surface area (Å²) >= 11 is 0. The van der Waals surface area contributed by atoms with Crippen molar-refractivity contribution in [2.45, 2.75) is 0 Å². The topological polar surface area (TPSA) is 77.9 Å². The number of aromatic nitrogens is 1. The molecule has 0 bridgehead atoms. The van der Waals surface area contributed by atoms with Gasteiger partial charge in [0.15, 0.2) is 0 Å². The molecule has 2 rings (SSSR count). The van der Waals surface area contributed by atoms with Crippen molar-refractivity contribution in [3.8, 4) is 17.2 Å². The molecule has 0 aliphatic heterocycles. The minimum Gasteiger partial charge on any atom is -0.497 e. The fourth-order valence-electron chi connectivity index (χ4n) is 1.61. The molecular formula is C15H15NO5. The largest absolute Gasteiger partial charge is 0.497 e. The van der Waals surface area contributed by atoms with Crippen LogP contribution in [0.3, 0.4) is 0 Å². The molecule has 0 aliphatic carbocycles. The number of carboxylic acid groups (broad SMARTS) is 1. The van der Waals surface area contributed by atoms with E-state index >= 15 is 0 Å². The van der Waals surface area contributed by atoms with Gasteiger partial charge in [-0.1, -0.05) is 0 Å². The molecule has 2 aromatic rings. The number of carboxylic acids is 1.